The smallest absolute Gasteiger partial charge is 0.407 e. The van der Waals surface area contributed by atoms with Gasteiger partial charge in [-0.25, -0.2) is 4.79 Å². The first kappa shape index (κ1) is 30.0. The number of rotatable bonds is 11. The summed E-state index contributed by atoms with van der Waals surface area (Å²) in [6.45, 7) is 7.00. The molecule has 14 heteroatoms. The molecule has 0 atom stereocenters. The van der Waals surface area contributed by atoms with Gasteiger partial charge in [-0.2, -0.15) is 9.46 Å². The highest BCUT2D eigenvalue weighted by Crippen LogP contribution is 2.06. The van der Waals surface area contributed by atoms with Crippen LogP contribution in [0.4, 0.5) is 4.79 Å². The van der Waals surface area contributed by atoms with E-state index in [1.54, 1.807) is 32.9 Å². The number of hydrogen-bond donors (Lipinski definition) is 5. The summed E-state index contributed by atoms with van der Waals surface area (Å²) in [5, 5.41) is 32.3. The summed E-state index contributed by atoms with van der Waals surface area (Å²) in [6.07, 6.45) is -0.563. The average molecular weight is 553 g/mol. The Kier molecular flexibility index (Phi) is 11.3. The molecular weight excluding hydrogens is 520 g/mol. The highest BCUT2D eigenvalue weighted by Gasteiger charge is 2.20. The molecule has 3 amide bonds. The van der Waals surface area contributed by atoms with E-state index in [-0.39, 0.29) is 41.1 Å². The van der Waals surface area contributed by atoms with Crippen LogP contribution >= 0.6 is 25.3 Å². The fourth-order valence-corrected chi connectivity index (χ4v) is 3.49. The molecule has 0 aliphatic heterocycles. The quantitative estimate of drug-likeness (QED) is 0.155. The fourth-order valence-electron chi connectivity index (χ4n) is 3.11. The number of ether oxygens (including phenoxy) is 1. The number of nitrogens with one attached hydrogen (secondary N) is 3. The number of amides is 3. The normalized spacial score (nSPS) is 11.2. The molecule has 0 saturated heterocycles. The molecule has 2 aromatic rings. The van der Waals surface area contributed by atoms with Crippen LogP contribution in [0.15, 0.2) is 46.5 Å². The van der Waals surface area contributed by atoms with E-state index >= 15 is 0 Å². The van der Waals surface area contributed by atoms with Crippen LogP contribution in [0.1, 0.15) is 41.7 Å². The lowest BCUT2D eigenvalue weighted by Gasteiger charge is -2.24. The van der Waals surface area contributed by atoms with Crippen molar-refractivity contribution in [1.29, 1.82) is 0 Å². The zero-order valence-corrected chi connectivity index (χ0v) is 22.7. The van der Waals surface area contributed by atoms with Crippen molar-refractivity contribution in [3.05, 3.63) is 58.2 Å². The summed E-state index contributed by atoms with van der Waals surface area (Å²) in [7, 11) is 0. The van der Waals surface area contributed by atoms with Crippen LogP contribution in [-0.4, -0.2) is 67.7 Å². The van der Waals surface area contributed by atoms with Crippen molar-refractivity contribution in [1.82, 2.24) is 20.9 Å². The van der Waals surface area contributed by atoms with Gasteiger partial charge in [0.15, 0.2) is 0 Å². The van der Waals surface area contributed by atoms with Gasteiger partial charge in [-0.3, -0.25) is 14.5 Å². The van der Waals surface area contributed by atoms with Crippen LogP contribution < -0.4 is 25.4 Å². The predicted molar refractivity (Wildman–Crippen MR) is 141 cm³/mol. The molecule has 12 nitrogen and oxygen atoms in total. The first-order valence-electron chi connectivity index (χ1n) is 11.5. The van der Waals surface area contributed by atoms with Crippen LogP contribution in [0.2, 0.25) is 0 Å². The first-order chi connectivity index (χ1) is 17.4. The summed E-state index contributed by atoms with van der Waals surface area (Å²) >= 11 is 8.03. The van der Waals surface area contributed by atoms with E-state index in [1.165, 1.54) is 24.3 Å². The predicted octanol–water partition coefficient (Wildman–Crippen LogP) is 0.517. The number of carbonyl (C=O) groups is 3. The van der Waals surface area contributed by atoms with Gasteiger partial charge in [-0.1, -0.05) is 25.3 Å². The molecule has 37 heavy (non-hydrogen) atoms. The van der Waals surface area contributed by atoms with Gasteiger partial charge >= 0.3 is 17.9 Å². The highest BCUT2D eigenvalue weighted by atomic mass is 32.1. The van der Waals surface area contributed by atoms with Crippen LogP contribution in [0, 0.1) is 10.4 Å². The monoisotopic (exact) mass is 552 g/mol. The fraction of sp³-hybridized carbons (Fsp3) is 0.435. The third-order valence-electron chi connectivity index (χ3n) is 4.84. The molecule has 202 valence electrons. The topological polar surface area (TPSA) is 154 Å². The second-order valence-corrected chi connectivity index (χ2v) is 9.83. The van der Waals surface area contributed by atoms with Crippen molar-refractivity contribution in [3.63, 3.8) is 0 Å². The van der Waals surface area contributed by atoms with E-state index in [2.05, 4.69) is 41.2 Å². The molecule has 0 fully saturated rings. The SMILES string of the molecule is CC(C)(C)OC(=O)NCCN(CCNC(=O)c1cccc(S)[n+]1[O-])CCNC(=O)c1cccc(S)[n+]1[O-]. The highest BCUT2D eigenvalue weighted by molar-refractivity contribution is 7.80. The number of alkyl carbamates (subject to hydrolysis) is 1. The minimum atomic E-state index is -0.635. The van der Waals surface area contributed by atoms with Crippen molar-refractivity contribution in [3.8, 4) is 0 Å². The maximum Gasteiger partial charge on any atom is 0.407 e. The van der Waals surface area contributed by atoms with E-state index in [0.717, 1.165) is 0 Å². The van der Waals surface area contributed by atoms with Crippen molar-refractivity contribution in [2.75, 3.05) is 39.3 Å². The maximum atomic E-state index is 12.4. The molecule has 0 saturated carbocycles. The van der Waals surface area contributed by atoms with Gasteiger partial charge < -0.3 is 31.1 Å². The van der Waals surface area contributed by atoms with Gasteiger partial charge in [0.05, 0.1) is 0 Å². The number of nitrogens with zero attached hydrogens (tertiary/aromatic N) is 3. The van der Waals surface area contributed by atoms with E-state index in [9.17, 15) is 24.8 Å². The lowest BCUT2D eigenvalue weighted by molar-refractivity contribution is -0.647. The Bertz CT molecular complexity index is 1040. The Hall–Kier alpha value is -3.23. The van der Waals surface area contributed by atoms with Gasteiger partial charge in [-0.05, 0) is 32.9 Å². The molecule has 0 aliphatic carbocycles. The molecule has 0 spiro atoms. The van der Waals surface area contributed by atoms with E-state index < -0.39 is 23.5 Å². The Morgan fingerprint density at radius 2 is 1.22 bits per heavy atom. The molecule has 2 aromatic heterocycles. The Morgan fingerprint density at radius 3 is 1.62 bits per heavy atom. The van der Waals surface area contributed by atoms with Crippen molar-refractivity contribution < 1.29 is 28.6 Å². The number of hydrogen-bond acceptors (Lipinski definition) is 9. The second kappa shape index (κ2) is 13.9. The molecule has 0 aliphatic rings. The van der Waals surface area contributed by atoms with Crippen LogP contribution in [0.5, 0.6) is 0 Å². The summed E-state index contributed by atoms with van der Waals surface area (Å²) in [6, 6.07) is 8.84. The van der Waals surface area contributed by atoms with Gasteiger partial charge in [0.1, 0.15) is 5.60 Å². The van der Waals surface area contributed by atoms with Crippen LogP contribution in [0.25, 0.3) is 0 Å². The summed E-state index contributed by atoms with van der Waals surface area (Å²) < 4.78 is 6.08. The Morgan fingerprint density at radius 1 is 0.811 bits per heavy atom. The maximum absolute atomic E-state index is 12.4. The Labute approximate surface area is 226 Å². The molecular formula is C23H32N6O6S2. The van der Waals surface area contributed by atoms with Gasteiger partial charge in [0, 0.05) is 63.5 Å². The molecule has 0 bridgehead atoms. The molecule has 2 heterocycles. The van der Waals surface area contributed by atoms with E-state index in [1.807, 2.05) is 4.90 Å². The summed E-state index contributed by atoms with van der Waals surface area (Å²) in [4.78, 5) is 38.6. The summed E-state index contributed by atoms with van der Waals surface area (Å²) in [5.74, 6) is -1.12. The van der Waals surface area contributed by atoms with Crippen LogP contribution in [-0.2, 0) is 4.74 Å². The third-order valence-corrected chi connectivity index (χ3v) is 5.50. The van der Waals surface area contributed by atoms with Crippen molar-refractivity contribution in [2.45, 2.75) is 36.4 Å². The third kappa shape index (κ3) is 9.98. The lowest BCUT2D eigenvalue weighted by atomic mass is 10.2. The van der Waals surface area contributed by atoms with Gasteiger partial charge in [0.2, 0.25) is 10.1 Å². The second-order valence-electron chi connectivity index (χ2n) is 8.91. The zero-order valence-electron chi connectivity index (χ0n) is 20.9. The standard InChI is InChI=1S/C23H32N6O6S2/c1-23(2,3)35-22(32)26-12-15-27(13-10-24-20(30)16-6-4-8-18(36)28(16)33)14-11-25-21(31)17-7-5-9-19(37)29(17)34/h4-9,36-37H,10-15H2,1-3H3,(H,24,30)(H,25,31)(H,26,32). The number of carbonyl (C=O) groups excluding carboxylic acids is 3. The average Bonchev–Trinajstić information content (AvgIpc) is 2.81. The molecule has 0 radical (unpaired) electrons. The lowest BCUT2D eigenvalue weighted by Crippen LogP contribution is -2.46. The molecule has 0 unspecified atom stereocenters. The first-order valence-corrected chi connectivity index (χ1v) is 12.4. The number of aromatic nitrogens is 2. The molecule has 3 N–H and O–H groups in total. The van der Waals surface area contributed by atoms with Gasteiger partial charge in [-0.15, -0.1) is 0 Å². The zero-order chi connectivity index (χ0) is 27.6. The Balaban J connectivity index is 1.92. The van der Waals surface area contributed by atoms with Crippen molar-refractivity contribution in [2.24, 2.45) is 0 Å². The molecule has 0 aromatic carbocycles. The minimum Gasteiger partial charge on any atom is -0.617 e. The van der Waals surface area contributed by atoms with Gasteiger partial charge in [0.25, 0.3) is 11.4 Å². The minimum absolute atomic E-state index is 0.0877. The number of thiol groups is 2. The number of pyridine rings is 2. The summed E-state index contributed by atoms with van der Waals surface area (Å²) in [5.41, 5.74) is -0.811. The van der Waals surface area contributed by atoms with E-state index in [0.29, 0.717) is 29.1 Å². The van der Waals surface area contributed by atoms with Crippen LogP contribution in [0.3, 0.4) is 0 Å². The van der Waals surface area contributed by atoms with E-state index in [4.69, 9.17) is 4.74 Å². The van der Waals surface area contributed by atoms with Crippen molar-refractivity contribution >= 4 is 43.2 Å². The molecule has 2 rings (SSSR count). The largest absolute Gasteiger partial charge is 0.617 e.